The average Bonchev–Trinajstić information content (AvgIpc) is 3.01. The van der Waals surface area contributed by atoms with Gasteiger partial charge in [0, 0.05) is 30.6 Å². The first kappa shape index (κ1) is 19.3. The first-order valence-corrected chi connectivity index (χ1v) is 9.76. The van der Waals surface area contributed by atoms with Gasteiger partial charge in [0.1, 0.15) is 0 Å². The van der Waals surface area contributed by atoms with Crippen molar-refractivity contribution in [1.29, 1.82) is 0 Å². The van der Waals surface area contributed by atoms with Crippen LogP contribution in [0, 0.1) is 0 Å². The number of thioether (sulfide) groups is 1. The van der Waals surface area contributed by atoms with Crippen molar-refractivity contribution in [3.8, 4) is 11.4 Å². The Bertz CT molecular complexity index is 927. The minimum Gasteiger partial charge on any atom is -0.305 e. The number of Topliss-reactive ketones (excluding diaryl/α,β-unsaturated/α-hetero) is 1. The van der Waals surface area contributed by atoms with Crippen LogP contribution in [0.4, 0.5) is 0 Å². The van der Waals surface area contributed by atoms with Crippen molar-refractivity contribution in [2.45, 2.75) is 43.5 Å². The van der Waals surface area contributed by atoms with E-state index in [1.54, 1.807) is 12.4 Å². The van der Waals surface area contributed by atoms with Crippen molar-refractivity contribution in [3.05, 3.63) is 59.9 Å². The highest BCUT2D eigenvalue weighted by Gasteiger charge is 2.21. The maximum Gasteiger partial charge on any atom is 0.191 e. The number of nitrogens with zero attached hydrogens (tertiary/aromatic N) is 4. The van der Waals surface area contributed by atoms with E-state index in [0.29, 0.717) is 5.16 Å². The van der Waals surface area contributed by atoms with Crippen LogP contribution < -0.4 is 0 Å². The molecule has 0 bridgehead atoms. The molecule has 0 aliphatic heterocycles. The molecule has 140 valence electrons. The molecule has 6 heteroatoms. The SMILES string of the molecule is C[C@@H](Sc1nnc(-c2ccncc2)n1C)C(=O)c1ccc(C(C)(C)C)cc1. The summed E-state index contributed by atoms with van der Waals surface area (Å²) < 4.78 is 1.91. The predicted molar refractivity (Wildman–Crippen MR) is 109 cm³/mol. The maximum atomic E-state index is 12.8. The van der Waals surface area contributed by atoms with Crippen molar-refractivity contribution < 1.29 is 4.79 Å². The van der Waals surface area contributed by atoms with Gasteiger partial charge in [-0.25, -0.2) is 0 Å². The highest BCUT2D eigenvalue weighted by atomic mass is 32.2. The largest absolute Gasteiger partial charge is 0.305 e. The van der Waals surface area contributed by atoms with Gasteiger partial charge in [-0.05, 0) is 30.0 Å². The molecule has 0 aliphatic carbocycles. The van der Waals surface area contributed by atoms with E-state index in [4.69, 9.17) is 0 Å². The van der Waals surface area contributed by atoms with E-state index in [2.05, 4.69) is 36.0 Å². The first-order chi connectivity index (χ1) is 12.8. The van der Waals surface area contributed by atoms with Gasteiger partial charge in [0.15, 0.2) is 16.8 Å². The fraction of sp³-hybridized carbons (Fsp3) is 0.333. The normalized spacial score (nSPS) is 12.8. The maximum absolute atomic E-state index is 12.8. The van der Waals surface area contributed by atoms with Crippen LogP contribution in [-0.4, -0.2) is 30.8 Å². The molecule has 1 atom stereocenters. The van der Waals surface area contributed by atoms with E-state index in [1.165, 1.54) is 17.3 Å². The van der Waals surface area contributed by atoms with E-state index in [0.717, 1.165) is 17.0 Å². The van der Waals surface area contributed by atoms with Crippen LogP contribution in [0.1, 0.15) is 43.6 Å². The molecular weight excluding hydrogens is 356 g/mol. The van der Waals surface area contributed by atoms with Crippen LogP contribution >= 0.6 is 11.8 Å². The van der Waals surface area contributed by atoms with Crippen LogP contribution in [0.2, 0.25) is 0 Å². The second kappa shape index (κ2) is 7.64. The number of ketones is 1. The second-order valence-corrected chi connectivity index (χ2v) is 8.86. The molecule has 0 saturated carbocycles. The molecule has 2 aromatic heterocycles. The lowest BCUT2D eigenvalue weighted by atomic mass is 9.86. The smallest absolute Gasteiger partial charge is 0.191 e. The number of benzene rings is 1. The Morgan fingerprint density at radius 1 is 1.04 bits per heavy atom. The predicted octanol–water partition coefficient (Wildman–Crippen LogP) is 4.54. The molecule has 1 aromatic carbocycles. The first-order valence-electron chi connectivity index (χ1n) is 8.88. The van der Waals surface area contributed by atoms with E-state index in [-0.39, 0.29) is 16.4 Å². The third-order valence-electron chi connectivity index (χ3n) is 4.46. The van der Waals surface area contributed by atoms with Crippen LogP contribution in [0.5, 0.6) is 0 Å². The van der Waals surface area contributed by atoms with Crippen molar-refractivity contribution in [2.24, 2.45) is 7.05 Å². The summed E-state index contributed by atoms with van der Waals surface area (Å²) in [4.78, 5) is 16.8. The van der Waals surface area contributed by atoms with Gasteiger partial charge in [-0.1, -0.05) is 56.8 Å². The molecule has 0 aliphatic rings. The molecule has 2 heterocycles. The number of rotatable bonds is 5. The van der Waals surface area contributed by atoms with E-state index >= 15 is 0 Å². The van der Waals surface area contributed by atoms with E-state index in [9.17, 15) is 4.79 Å². The Morgan fingerprint density at radius 3 is 2.26 bits per heavy atom. The highest BCUT2D eigenvalue weighted by Crippen LogP contribution is 2.28. The van der Waals surface area contributed by atoms with E-state index < -0.39 is 0 Å². The Labute approximate surface area is 164 Å². The van der Waals surface area contributed by atoms with Crippen molar-refractivity contribution in [3.63, 3.8) is 0 Å². The Balaban J connectivity index is 1.75. The zero-order valence-corrected chi connectivity index (χ0v) is 17.1. The monoisotopic (exact) mass is 380 g/mol. The number of hydrogen-bond donors (Lipinski definition) is 0. The van der Waals surface area contributed by atoms with Gasteiger partial charge in [-0.3, -0.25) is 9.78 Å². The van der Waals surface area contributed by atoms with Gasteiger partial charge >= 0.3 is 0 Å². The Kier molecular flexibility index (Phi) is 5.46. The molecule has 3 rings (SSSR count). The summed E-state index contributed by atoms with van der Waals surface area (Å²) in [6.45, 7) is 8.40. The number of carbonyl (C=O) groups excluding carboxylic acids is 1. The van der Waals surface area contributed by atoms with Gasteiger partial charge in [-0.2, -0.15) is 0 Å². The molecule has 0 unspecified atom stereocenters. The summed E-state index contributed by atoms with van der Waals surface area (Å²) in [5.41, 5.74) is 2.96. The standard InChI is InChI=1S/C21H24N4OS/c1-14(18(26)15-6-8-17(9-7-15)21(2,3)4)27-20-24-23-19(25(20)5)16-10-12-22-13-11-16/h6-14H,1-5H3/t14-/m1/s1. The Hall–Kier alpha value is -2.47. The van der Waals surface area contributed by atoms with Crippen LogP contribution in [-0.2, 0) is 12.5 Å². The summed E-state index contributed by atoms with van der Waals surface area (Å²) in [5.74, 6) is 0.850. The van der Waals surface area contributed by atoms with Crippen LogP contribution in [0.15, 0.2) is 53.9 Å². The van der Waals surface area contributed by atoms with Crippen molar-refractivity contribution >= 4 is 17.5 Å². The zero-order chi connectivity index (χ0) is 19.6. The van der Waals surface area contributed by atoms with Crippen molar-refractivity contribution in [1.82, 2.24) is 19.7 Å². The molecular formula is C21H24N4OS. The minimum atomic E-state index is -0.251. The van der Waals surface area contributed by atoms with Gasteiger partial charge in [0.2, 0.25) is 0 Å². The summed E-state index contributed by atoms with van der Waals surface area (Å²) >= 11 is 1.42. The van der Waals surface area contributed by atoms with Gasteiger partial charge in [0.25, 0.3) is 0 Å². The molecule has 0 saturated heterocycles. The number of aromatic nitrogens is 4. The van der Waals surface area contributed by atoms with Crippen LogP contribution in [0.3, 0.4) is 0 Å². The lowest BCUT2D eigenvalue weighted by Gasteiger charge is -2.19. The lowest BCUT2D eigenvalue weighted by molar-refractivity contribution is 0.0994. The topological polar surface area (TPSA) is 60.7 Å². The molecule has 5 nitrogen and oxygen atoms in total. The van der Waals surface area contributed by atoms with Crippen LogP contribution in [0.25, 0.3) is 11.4 Å². The lowest BCUT2D eigenvalue weighted by Crippen LogP contribution is -2.16. The summed E-state index contributed by atoms with van der Waals surface area (Å²) in [6.07, 6.45) is 3.45. The summed E-state index contributed by atoms with van der Waals surface area (Å²) in [7, 11) is 1.91. The summed E-state index contributed by atoms with van der Waals surface area (Å²) in [5, 5.41) is 8.99. The molecule has 0 radical (unpaired) electrons. The van der Waals surface area contributed by atoms with E-state index in [1.807, 2.05) is 54.9 Å². The second-order valence-electron chi connectivity index (χ2n) is 7.55. The number of hydrogen-bond acceptors (Lipinski definition) is 5. The van der Waals surface area contributed by atoms with Gasteiger partial charge in [0.05, 0.1) is 5.25 Å². The molecule has 0 amide bonds. The number of pyridine rings is 1. The third kappa shape index (κ3) is 4.27. The molecule has 0 N–H and O–H groups in total. The third-order valence-corrected chi connectivity index (χ3v) is 5.59. The fourth-order valence-electron chi connectivity index (χ4n) is 2.75. The molecule has 0 fully saturated rings. The molecule has 27 heavy (non-hydrogen) atoms. The van der Waals surface area contributed by atoms with Crippen molar-refractivity contribution in [2.75, 3.05) is 0 Å². The average molecular weight is 381 g/mol. The highest BCUT2D eigenvalue weighted by molar-refractivity contribution is 8.00. The van der Waals surface area contributed by atoms with Gasteiger partial charge < -0.3 is 4.57 Å². The molecule has 3 aromatic rings. The molecule has 0 spiro atoms. The quantitative estimate of drug-likeness (QED) is 0.480. The van der Waals surface area contributed by atoms with Gasteiger partial charge in [-0.15, -0.1) is 10.2 Å². The Morgan fingerprint density at radius 2 is 1.67 bits per heavy atom. The zero-order valence-electron chi connectivity index (χ0n) is 16.3. The fourth-order valence-corrected chi connectivity index (χ4v) is 3.64. The minimum absolute atomic E-state index is 0.0733. The number of carbonyl (C=O) groups is 1. The summed E-state index contributed by atoms with van der Waals surface area (Å²) in [6, 6.07) is 11.7.